The van der Waals surface area contributed by atoms with Gasteiger partial charge < -0.3 is 9.88 Å². The number of rotatable bonds is 4. The minimum atomic E-state index is 0.568. The van der Waals surface area contributed by atoms with E-state index in [1.807, 2.05) is 17.7 Å². The molecule has 0 saturated heterocycles. The first-order valence-corrected chi connectivity index (χ1v) is 7.92. The molecule has 3 heteroatoms. The Hall–Kier alpha value is -1.27. The van der Waals surface area contributed by atoms with Crippen LogP contribution in [0.25, 0.3) is 0 Å². The lowest BCUT2D eigenvalue weighted by Crippen LogP contribution is -2.33. The first-order chi connectivity index (χ1) is 9.63. The molecule has 1 aliphatic rings. The van der Waals surface area contributed by atoms with E-state index in [9.17, 15) is 0 Å². The van der Waals surface area contributed by atoms with Gasteiger partial charge in [-0.1, -0.05) is 25.7 Å². The Morgan fingerprint density at radius 2 is 2.00 bits per heavy atom. The van der Waals surface area contributed by atoms with Gasteiger partial charge in [0.05, 0.1) is 0 Å². The molecule has 1 aromatic heterocycles. The highest BCUT2D eigenvalue weighted by Gasteiger charge is 2.19. The van der Waals surface area contributed by atoms with Gasteiger partial charge in [-0.05, 0) is 44.2 Å². The molecule has 0 aromatic carbocycles. The Morgan fingerprint density at radius 3 is 2.55 bits per heavy atom. The van der Waals surface area contributed by atoms with Crippen LogP contribution in [0, 0.1) is 24.2 Å². The minimum Gasteiger partial charge on any atom is -0.340 e. The summed E-state index contributed by atoms with van der Waals surface area (Å²) in [6.07, 6.45) is 8.33. The molecule has 1 N–H and O–H groups in total. The van der Waals surface area contributed by atoms with Crippen LogP contribution in [0.2, 0.25) is 0 Å². The maximum absolute atomic E-state index is 9.08. The fourth-order valence-electron chi connectivity index (χ4n) is 3.30. The zero-order chi connectivity index (χ0) is 14.5. The second-order valence-electron chi connectivity index (χ2n) is 6.23. The van der Waals surface area contributed by atoms with Crippen LogP contribution in [0.1, 0.15) is 62.4 Å². The Bertz CT molecular complexity index is 473. The summed E-state index contributed by atoms with van der Waals surface area (Å²) in [6, 6.07) is 4.83. The van der Waals surface area contributed by atoms with Gasteiger partial charge in [0.15, 0.2) is 0 Å². The third kappa shape index (κ3) is 3.43. The number of hydrogen-bond acceptors (Lipinski definition) is 2. The standard InChI is InChI=1S/C17H27N3/c1-13(15-8-6-4-5-7-9-15)19-12-16-10-17(11-18)20(3)14(16)2/h10,13,15,19H,4-9,12H2,1-3H3/t13-/m1/s1. The third-order valence-corrected chi connectivity index (χ3v) is 4.98. The van der Waals surface area contributed by atoms with Gasteiger partial charge in [0.25, 0.3) is 0 Å². The lowest BCUT2D eigenvalue weighted by atomic mass is 9.93. The summed E-state index contributed by atoms with van der Waals surface area (Å²) in [5.74, 6) is 0.817. The van der Waals surface area contributed by atoms with Gasteiger partial charge in [0, 0.05) is 25.3 Å². The van der Waals surface area contributed by atoms with E-state index in [2.05, 4.69) is 25.2 Å². The minimum absolute atomic E-state index is 0.568. The molecule has 2 rings (SSSR count). The SMILES string of the molecule is Cc1c(CN[C@H](C)C2CCCCCC2)cc(C#N)n1C. The molecule has 1 fully saturated rings. The van der Waals surface area contributed by atoms with E-state index in [0.29, 0.717) is 6.04 Å². The number of aromatic nitrogens is 1. The van der Waals surface area contributed by atoms with E-state index >= 15 is 0 Å². The zero-order valence-corrected chi connectivity index (χ0v) is 13.1. The van der Waals surface area contributed by atoms with Crippen molar-refractivity contribution in [3.8, 4) is 6.07 Å². The average Bonchev–Trinajstić information content (AvgIpc) is 2.68. The van der Waals surface area contributed by atoms with Gasteiger partial charge in [0.2, 0.25) is 0 Å². The summed E-state index contributed by atoms with van der Waals surface area (Å²) in [4.78, 5) is 0. The molecule has 0 radical (unpaired) electrons. The van der Waals surface area contributed by atoms with Gasteiger partial charge in [0.1, 0.15) is 11.8 Å². The van der Waals surface area contributed by atoms with Crippen molar-refractivity contribution >= 4 is 0 Å². The van der Waals surface area contributed by atoms with Crippen molar-refractivity contribution in [2.24, 2.45) is 13.0 Å². The number of nitrogens with zero attached hydrogens (tertiary/aromatic N) is 2. The van der Waals surface area contributed by atoms with E-state index in [4.69, 9.17) is 5.26 Å². The van der Waals surface area contributed by atoms with Crippen molar-refractivity contribution < 1.29 is 0 Å². The van der Waals surface area contributed by atoms with Crippen LogP contribution in [0.4, 0.5) is 0 Å². The van der Waals surface area contributed by atoms with Crippen LogP contribution in [0.15, 0.2) is 6.07 Å². The fourth-order valence-corrected chi connectivity index (χ4v) is 3.30. The monoisotopic (exact) mass is 273 g/mol. The highest BCUT2D eigenvalue weighted by molar-refractivity contribution is 5.34. The van der Waals surface area contributed by atoms with Crippen LogP contribution >= 0.6 is 0 Å². The second kappa shape index (κ2) is 6.95. The predicted molar refractivity (Wildman–Crippen MR) is 82.4 cm³/mol. The highest BCUT2D eigenvalue weighted by Crippen LogP contribution is 2.25. The van der Waals surface area contributed by atoms with Crippen molar-refractivity contribution in [1.29, 1.82) is 5.26 Å². The molecule has 110 valence electrons. The maximum Gasteiger partial charge on any atom is 0.120 e. The van der Waals surface area contributed by atoms with Crippen LogP contribution < -0.4 is 5.32 Å². The van der Waals surface area contributed by atoms with Crippen LogP contribution in [0.3, 0.4) is 0 Å². The van der Waals surface area contributed by atoms with Gasteiger partial charge in [-0.3, -0.25) is 0 Å². The van der Waals surface area contributed by atoms with Gasteiger partial charge >= 0.3 is 0 Å². The first-order valence-electron chi connectivity index (χ1n) is 7.92. The third-order valence-electron chi connectivity index (χ3n) is 4.98. The smallest absolute Gasteiger partial charge is 0.120 e. The molecule has 1 aromatic rings. The largest absolute Gasteiger partial charge is 0.340 e. The molecule has 0 bridgehead atoms. The van der Waals surface area contributed by atoms with Gasteiger partial charge in [-0.25, -0.2) is 0 Å². The molecule has 3 nitrogen and oxygen atoms in total. The van der Waals surface area contributed by atoms with Crippen molar-refractivity contribution in [2.75, 3.05) is 0 Å². The molecular formula is C17H27N3. The molecule has 0 spiro atoms. The summed E-state index contributed by atoms with van der Waals surface area (Å²) < 4.78 is 1.98. The second-order valence-corrected chi connectivity index (χ2v) is 6.23. The number of nitrogens with one attached hydrogen (secondary N) is 1. The van der Waals surface area contributed by atoms with Crippen molar-refractivity contribution in [3.05, 3.63) is 23.0 Å². The normalized spacial score (nSPS) is 18.5. The molecule has 1 heterocycles. The van der Waals surface area contributed by atoms with Crippen LogP contribution in [-0.4, -0.2) is 10.6 Å². The van der Waals surface area contributed by atoms with E-state index in [0.717, 1.165) is 18.2 Å². The number of hydrogen-bond donors (Lipinski definition) is 1. The van der Waals surface area contributed by atoms with Gasteiger partial charge in [-0.15, -0.1) is 0 Å². The molecule has 1 atom stereocenters. The van der Waals surface area contributed by atoms with Crippen molar-refractivity contribution in [1.82, 2.24) is 9.88 Å². The van der Waals surface area contributed by atoms with E-state index in [1.54, 1.807) is 0 Å². The summed E-state index contributed by atoms with van der Waals surface area (Å²) in [7, 11) is 1.96. The zero-order valence-electron chi connectivity index (χ0n) is 13.1. The fraction of sp³-hybridized carbons (Fsp3) is 0.706. The Labute approximate surface area is 123 Å². The summed E-state index contributed by atoms with van der Waals surface area (Å²) in [5.41, 5.74) is 3.20. The summed E-state index contributed by atoms with van der Waals surface area (Å²) in [6.45, 7) is 5.28. The highest BCUT2D eigenvalue weighted by atomic mass is 15.0. The Balaban J connectivity index is 1.93. The molecule has 1 saturated carbocycles. The molecular weight excluding hydrogens is 246 g/mol. The molecule has 1 aliphatic carbocycles. The topological polar surface area (TPSA) is 40.8 Å². The number of nitriles is 1. The predicted octanol–water partition coefficient (Wildman–Crippen LogP) is 3.65. The van der Waals surface area contributed by atoms with Gasteiger partial charge in [-0.2, -0.15) is 5.26 Å². The van der Waals surface area contributed by atoms with Crippen molar-refractivity contribution in [2.45, 2.75) is 65.0 Å². The quantitative estimate of drug-likeness (QED) is 0.851. The summed E-state index contributed by atoms with van der Waals surface area (Å²) in [5, 5.41) is 12.8. The molecule has 20 heavy (non-hydrogen) atoms. The van der Waals surface area contributed by atoms with Crippen LogP contribution in [-0.2, 0) is 13.6 Å². The van der Waals surface area contributed by atoms with E-state index in [-0.39, 0.29) is 0 Å². The molecule has 0 unspecified atom stereocenters. The molecule has 0 amide bonds. The lowest BCUT2D eigenvalue weighted by Gasteiger charge is -2.23. The van der Waals surface area contributed by atoms with E-state index in [1.165, 1.54) is 49.8 Å². The average molecular weight is 273 g/mol. The maximum atomic E-state index is 9.08. The lowest BCUT2D eigenvalue weighted by molar-refractivity contribution is 0.336. The van der Waals surface area contributed by atoms with Crippen molar-refractivity contribution in [3.63, 3.8) is 0 Å². The Morgan fingerprint density at radius 1 is 1.35 bits per heavy atom. The summed E-state index contributed by atoms with van der Waals surface area (Å²) >= 11 is 0. The van der Waals surface area contributed by atoms with E-state index < -0.39 is 0 Å². The first kappa shape index (κ1) is 15.1. The van der Waals surface area contributed by atoms with Crippen LogP contribution in [0.5, 0.6) is 0 Å². The Kier molecular flexibility index (Phi) is 5.25. The molecule has 0 aliphatic heterocycles.